The Morgan fingerprint density at radius 1 is 1.32 bits per heavy atom. The third-order valence-corrected chi connectivity index (χ3v) is 2.97. The molecule has 1 heterocycles. The molecule has 0 N–H and O–H groups in total. The van der Waals surface area contributed by atoms with Crippen LogP contribution in [0.5, 0.6) is 0 Å². The van der Waals surface area contributed by atoms with Gasteiger partial charge in [-0.15, -0.1) is 0 Å². The number of hydrogen-bond acceptors (Lipinski definition) is 4. The lowest BCUT2D eigenvalue weighted by atomic mass is 10.2. The summed E-state index contributed by atoms with van der Waals surface area (Å²) in [5, 5.41) is 0.561. The Kier molecular flexibility index (Phi) is 4.35. The molecule has 0 aliphatic rings. The van der Waals surface area contributed by atoms with E-state index in [4.69, 9.17) is 27.9 Å². The van der Waals surface area contributed by atoms with Crippen molar-refractivity contribution in [2.75, 3.05) is 6.61 Å². The van der Waals surface area contributed by atoms with E-state index in [1.54, 1.807) is 25.1 Å². The molecule has 0 amide bonds. The number of carbonyl (C=O) groups is 1. The van der Waals surface area contributed by atoms with Crippen LogP contribution in [0.4, 0.5) is 0 Å². The van der Waals surface area contributed by atoms with E-state index < -0.39 is 5.97 Å². The number of carbonyl (C=O) groups excluding carboxylic acids is 1. The van der Waals surface area contributed by atoms with Crippen LogP contribution in [0.2, 0.25) is 10.2 Å². The van der Waals surface area contributed by atoms with Gasteiger partial charge < -0.3 is 4.74 Å². The highest BCUT2D eigenvalue weighted by molar-refractivity contribution is 6.33. The minimum Gasteiger partial charge on any atom is -0.462 e. The number of ether oxygens (including phenoxy) is 1. The summed E-state index contributed by atoms with van der Waals surface area (Å²) in [7, 11) is 0. The zero-order valence-electron chi connectivity index (χ0n) is 10.1. The summed E-state index contributed by atoms with van der Waals surface area (Å²) >= 11 is 12.0. The van der Waals surface area contributed by atoms with Crippen molar-refractivity contribution in [2.45, 2.75) is 6.92 Å². The smallest absolute Gasteiger partial charge is 0.342 e. The first-order valence-corrected chi connectivity index (χ1v) is 6.33. The van der Waals surface area contributed by atoms with Crippen molar-refractivity contribution in [3.05, 3.63) is 46.2 Å². The predicted octanol–water partition coefficient (Wildman–Crippen LogP) is 3.63. The molecule has 0 fully saturated rings. The quantitative estimate of drug-likeness (QED) is 0.641. The van der Waals surface area contributed by atoms with Gasteiger partial charge in [-0.05, 0) is 19.1 Å². The molecule has 19 heavy (non-hydrogen) atoms. The summed E-state index contributed by atoms with van der Waals surface area (Å²) in [6, 6.07) is 7.13. The van der Waals surface area contributed by atoms with Gasteiger partial charge in [0.1, 0.15) is 10.7 Å². The SMILES string of the molecule is CCOC(=O)c1cnc(-c2ccccc2Cl)nc1Cl. The molecule has 1 aromatic heterocycles. The number of aromatic nitrogens is 2. The first kappa shape index (κ1) is 13.8. The van der Waals surface area contributed by atoms with E-state index in [0.717, 1.165) is 0 Å². The highest BCUT2D eigenvalue weighted by Gasteiger charge is 2.15. The van der Waals surface area contributed by atoms with E-state index in [9.17, 15) is 4.79 Å². The highest BCUT2D eigenvalue weighted by Crippen LogP contribution is 2.26. The van der Waals surface area contributed by atoms with Gasteiger partial charge in [0.25, 0.3) is 0 Å². The normalized spacial score (nSPS) is 10.3. The molecule has 1 aromatic carbocycles. The molecule has 0 aliphatic carbocycles. The molecule has 0 saturated heterocycles. The number of rotatable bonds is 3. The van der Waals surface area contributed by atoms with Crippen LogP contribution in [0.15, 0.2) is 30.5 Å². The Labute approximate surface area is 120 Å². The largest absolute Gasteiger partial charge is 0.462 e. The molecule has 4 nitrogen and oxygen atoms in total. The van der Waals surface area contributed by atoms with Crippen molar-refractivity contribution in [1.29, 1.82) is 0 Å². The fraction of sp³-hybridized carbons (Fsp3) is 0.154. The molecular formula is C13H10Cl2N2O2. The minimum atomic E-state index is -0.543. The lowest BCUT2D eigenvalue weighted by molar-refractivity contribution is 0.0525. The van der Waals surface area contributed by atoms with Gasteiger partial charge in [0.15, 0.2) is 5.82 Å². The Hall–Kier alpha value is -1.65. The van der Waals surface area contributed by atoms with E-state index in [2.05, 4.69) is 9.97 Å². The maximum atomic E-state index is 11.6. The van der Waals surface area contributed by atoms with Gasteiger partial charge in [-0.2, -0.15) is 0 Å². The maximum Gasteiger partial charge on any atom is 0.342 e. The number of nitrogens with zero attached hydrogens (tertiary/aromatic N) is 2. The average molecular weight is 297 g/mol. The van der Waals surface area contributed by atoms with E-state index in [0.29, 0.717) is 16.4 Å². The molecule has 0 unspecified atom stereocenters. The van der Waals surface area contributed by atoms with Crippen LogP contribution < -0.4 is 0 Å². The number of halogens is 2. The highest BCUT2D eigenvalue weighted by atomic mass is 35.5. The Balaban J connectivity index is 2.39. The standard InChI is InChI=1S/C13H10Cl2N2O2/c1-2-19-13(18)9-7-16-12(17-11(9)15)8-5-3-4-6-10(8)14/h3-7H,2H2,1H3. The summed E-state index contributed by atoms with van der Waals surface area (Å²) in [6.45, 7) is 1.98. The van der Waals surface area contributed by atoms with Gasteiger partial charge in [-0.3, -0.25) is 0 Å². The molecule has 0 aliphatic heterocycles. The van der Waals surface area contributed by atoms with Crippen molar-refractivity contribution in [3.8, 4) is 11.4 Å². The zero-order chi connectivity index (χ0) is 13.8. The Morgan fingerprint density at radius 3 is 2.68 bits per heavy atom. The first-order chi connectivity index (χ1) is 9.13. The van der Waals surface area contributed by atoms with Crippen LogP contribution in [0, 0.1) is 0 Å². The van der Waals surface area contributed by atoms with E-state index in [1.165, 1.54) is 6.20 Å². The van der Waals surface area contributed by atoms with Crippen molar-refractivity contribution >= 4 is 29.2 Å². The monoisotopic (exact) mass is 296 g/mol. The van der Waals surface area contributed by atoms with Crippen LogP contribution in [0.25, 0.3) is 11.4 Å². The second-order valence-electron chi connectivity index (χ2n) is 3.60. The summed E-state index contributed by atoms with van der Waals surface area (Å²) in [4.78, 5) is 19.7. The average Bonchev–Trinajstić information content (AvgIpc) is 2.39. The topological polar surface area (TPSA) is 52.1 Å². The van der Waals surface area contributed by atoms with Crippen molar-refractivity contribution in [1.82, 2.24) is 9.97 Å². The van der Waals surface area contributed by atoms with Crippen molar-refractivity contribution < 1.29 is 9.53 Å². The van der Waals surface area contributed by atoms with Crippen LogP contribution in [-0.2, 0) is 4.74 Å². The van der Waals surface area contributed by atoms with Crippen LogP contribution in [0.3, 0.4) is 0 Å². The zero-order valence-corrected chi connectivity index (χ0v) is 11.6. The minimum absolute atomic E-state index is 0.0448. The predicted molar refractivity (Wildman–Crippen MR) is 73.4 cm³/mol. The first-order valence-electron chi connectivity index (χ1n) is 5.58. The fourth-order valence-corrected chi connectivity index (χ4v) is 1.91. The van der Waals surface area contributed by atoms with Crippen molar-refractivity contribution in [2.24, 2.45) is 0 Å². The molecule has 98 valence electrons. The molecule has 0 bridgehead atoms. The number of benzene rings is 1. The molecule has 6 heteroatoms. The van der Waals surface area contributed by atoms with Gasteiger partial charge >= 0.3 is 5.97 Å². The Morgan fingerprint density at radius 2 is 2.05 bits per heavy atom. The van der Waals surface area contributed by atoms with Crippen LogP contribution in [-0.4, -0.2) is 22.5 Å². The van der Waals surface area contributed by atoms with Crippen LogP contribution >= 0.6 is 23.2 Å². The molecule has 0 saturated carbocycles. The molecule has 2 aromatic rings. The molecular weight excluding hydrogens is 287 g/mol. The van der Waals surface area contributed by atoms with Gasteiger partial charge in [0, 0.05) is 11.8 Å². The van der Waals surface area contributed by atoms with E-state index in [1.807, 2.05) is 6.07 Å². The number of esters is 1. The van der Waals surface area contributed by atoms with Crippen molar-refractivity contribution in [3.63, 3.8) is 0 Å². The van der Waals surface area contributed by atoms with Gasteiger partial charge in [0.05, 0.1) is 11.6 Å². The number of hydrogen-bond donors (Lipinski definition) is 0. The van der Waals surface area contributed by atoms with Gasteiger partial charge in [-0.1, -0.05) is 35.3 Å². The third-order valence-electron chi connectivity index (χ3n) is 2.35. The fourth-order valence-electron chi connectivity index (χ4n) is 1.48. The molecule has 2 rings (SSSR count). The van der Waals surface area contributed by atoms with Gasteiger partial charge in [-0.25, -0.2) is 14.8 Å². The Bertz CT molecular complexity index is 617. The van der Waals surface area contributed by atoms with Gasteiger partial charge in [0.2, 0.25) is 0 Å². The van der Waals surface area contributed by atoms with E-state index >= 15 is 0 Å². The van der Waals surface area contributed by atoms with E-state index in [-0.39, 0.29) is 17.3 Å². The summed E-state index contributed by atoms with van der Waals surface area (Å²) < 4.78 is 4.85. The summed E-state index contributed by atoms with van der Waals surface area (Å²) in [5.74, 6) is -0.179. The third kappa shape index (κ3) is 3.03. The molecule has 0 atom stereocenters. The second-order valence-corrected chi connectivity index (χ2v) is 4.36. The lowest BCUT2D eigenvalue weighted by Crippen LogP contribution is -2.07. The summed E-state index contributed by atoms with van der Waals surface area (Å²) in [5.41, 5.74) is 0.792. The molecule has 0 radical (unpaired) electrons. The second kappa shape index (κ2) is 5.99. The summed E-state index contributed by atoms with van der Waals surface area (Å²) in [6.07, 6.45) is 1.34. The lowest BCUT2D eigenvalue weighted by Gasteiger charge is -2.06. The maximum absolute atomic E-state index is 11.6. The van der Waals surface area contributed by atoms with Crippen LogP contribution in [0.1, 0.15) is 17.3 Å². The molecule has 0 spiro atoms.